The minimum atomic E-state index is -1.02. The summed E-state index contributed by atoms with van der Waals surface area (Å²) in [7, 11) is 0. The molecule has 1 aromatic carbocycles. The van der Waals surface area contributed by atoms with Crippen LogP contribution in [0.2, 0.25) is 0 Å². The molecule has 1 unspecified atom stereocenters. The van der Waals surface area contributed by atoms with Crippen LogP contribution in [0.4, 0.5) is 0 Å². The molecule has 0 radical (unpaired) electrons. The van der Waals surface area contributed by atoms with Crippen LogP contribution >= 0.6 is 0 Å². The Kier molecular flexibility index (Phi) is 4.10. The molecule has 0 spiro atoms. The van der Waals surface area contributed by atoms with E-state index in [9.17, 15) is 9.90 Å². The molecule has 19 heavy (non-hydrogen) atoms. The van der Waals surface area contributed by atoms with Crippen LogP contribution in [-0.2, 0) is 10.3 Å². The van der Waals surface area contributed by atoms with Crippen LogP contribution in [0.25, 0.3) is 0 Å². The lowest BCUT2D eigenvalue weighted by atomic mass is 9.92. The fourth-order valence-corrected chi connectivity index (χ4v) is 2.01. The number of benzene rings is 1. The van der Waals surface area contributed by atoms with Crippen molar-refractivity contribution in [2.45, 2.75) is 44.7 Å². The van der Waals surface area contributed by atoms with Crippen molar-refractivity contribution in [1.82, 2.24) is 5.32 Å². The summed E-state index contributed by atoms with van der Waals surface area (Å²) in [4.78, 5) is 11.5. The summed E-state index contributed by atoms with van der Waals surface area (Å²) in [6.45, 7) is 4.45. The van der Waals surface area contributed by atoms with Gasteiger partial charge >= 0.3 is 5.97 Å². The molecule has 1 aliphatic carbocycles. The van der Waals surface area contributed by atoms with Crippen molar-refractivity contribution in [3.8, 4) is 5.75 Å². The van der Waals surface area contributed by atoms with Gasteiger partial charge in [-0.15, -0.1) is 0 Å². The molecule has 2 N–H and O–H groups in total. The molecule has 1 saturated carbocycles. The van der Waals surface area contributed by atoms with Crippen LogP contribution in [-0.4, -0.2) is 23.7 Å². The number of ether oxygens (including phenoxy) is 1. The maximum Gasteiger partial charge on any atom is 0.328 e. The summed E-state index contributed by atoms with van der Waals surface area (Å²) in [5.41, 5.74) is -0.263. The Morgan fingerprint density at radius 3 is 2.53 bits per heavy atom. The van der Waals surface area contributed by atoms with Gasteiger partial charge in [0.25, 0.3) is 0 Å². The molecule has 4 heteroatoms. The highest BCUT2D eigenvalue weighted by atomic mass is 16.5. The van der Waals surface area contributed by atoms with E-state index in [2.05, 4.69) is 12.2 Å². The van der Waals surface area contributed by atoms with Crippen molar-refractivity contribution in [2.24, 2.45) is 0 Å². The Hall–Kier alpha value is -1.55. The number of nitrogens with one attached hydrogen (secondary N) is 1. The van der Waals surface area contributed by atoms with Crippen molar-refractivity contribution in [1.29, 1.82) is 0 Å². The van der Waals surface area contributed by atoms with E-state index in [4.69, 9.17) is 4.74 Å². The van der Waals surface area contributed by atoms with Gasteiger partial charge in [0.15, 0.2) is 0 Å². The average molecular weight is 263 g/mol. The van der Waals surface area contributed by atoms with E-state index in [1.807, 2.05) is 24.3 Å². The molecule has 0 bridgehead atoms. The van der Waals surface area contributed by atoms with E-state index in [1.54, 1.807) is 6.92 Å². The Morgan fingerprint density at radius 2 is 2.05 bits per heavy atom. The van der Waals surface area contributed by atoms with Gasteiger partial charge in [0.2, 0.25) is 0 Å². The molecule has 0 saturated heterocycles. The second-order valence-corrected chi connectivity index (χ2v) is 5.22. The number of aliphatic carboxylic acids is 1. The summed E-state index contributed by atoms with van der Waals surface area (Å²) in [6.07, 6.45) is 3.07. The summed E-state index contributed by atoms with van der Waals surface area (Å²) < 4.78 is 5.51. The predicted molar refractivity (Wildman–Crippen MR) is 73.4 cm³/mol. The molecule has 0 amide bonds. The molecule has 0 aliphatic heterocycles. The van der Waals surface area contributed by atoms with Crippen molar-refractivity contribution >= 4 is 5.97 Å². The SMILES string of the molecule is CCCOc1ccc(C(C)(NC2CC2)C(=O)O)cc1. The topological polar surface area (TPSA) is 58.6 Å². The number of carbonyl (C=O) groups is 1. The number of carboxylic acid groups (broad SMARTS) is 1. The van der Waals surface area contributed by atoms with Gasteiger partial charge in [0.05, 0.1) is 6.61 Å². The molecule has 0 heterocycles. The van der Waals surface area contributed by atoms with Gasteiger partial charge in [-0.3, -0.25) is 5.32 Å². The molecule has 1 atom stereocenters. The Balaban J connectivity index is 2.14. The summed E-state index contributed by atoms with van der Waals surface area (Å²) in [6, 6.07) is 7.65. The molecule has 4 nitrogen and oxygen atoms in total. The highest BCUT2D eigenvalue weighted by Gasteiger charge is 2.39. The van der Waals surface area contributed by atoms with E-state index in [1.165, 1.54) is 0 Å². The third-order valence-corrected chi connectivity index (χ3v) is 3.40. The molecule has 1 fully saturated rings. The van der Waals surface area contributed by atoms with Crippen LogP contribution in [0.15, 0.2) is 24.3 Å². The summed E-state index contributed by atoms with van der Waals surface area (Å²) >= 11 is 0. The minimum absolute atomic E-state index is 0.331. The van der Waals surface area contributed by atoms with Gasteiger partial charge in [-0.25, -0.2) is 4.79 Å². The third kappa shape index (κ3) is 3.26. The van der Waals surface area contributed by atoms with Gasteiger partial charge in [0, 0.05) is 6.04 Å². The molecular weight excluding hydrogens is 242 g/mol. The summed E-state index contributed by atoms with van der Waals surface area (Å²) in [5.74, 6) is -0.0635. The fraction of sp³-hybridized carbons (Fsp3) is 0.533. The normalized spacial score (nSPS) is 17.8. The third-order valence-electron chi connectivity index (χ3n) is 3.40. The van der Waals surface area contributed by atoms with E-state index < -0.39 is 11.5 Å². The molecule has 2 rings (SSSR count). The Bertz CT molecular complexity index is 439. The van der Waals surface area contributed by atoms with E-state index >= 15 is 0 Å². The molecule has 1 aliphatic rings. The number of rotatable bonds is 7. The zero-order valence-electron chi connectivity index (χ0n) is 11.5. The molecular formula is C15H21NO3. The Morgan fingerprint density at radius 1 is 1.42 bits per heavy atom. The van der Waals surface area contributed by atoms with Gasteiger partial charge < -0.3 is 9.84 Å². The minimum Gasteiger partial charge on any atom is -0.494 e. The zero-order valence-corrected chi connectivity index (χ0v) is 11.5. The second kappa shape index (κ2) is 5.61. The van der Waals surface area contributed by atoms with Crippen molar-refractivity contribution < 1.29 is 14.6 Å². The molecule has 1 aromatic rings. The van der Waals surface area contributed by atoms with Crippen molar-refractivity contribution in [3.05, 3.63) is 29.8 Å². The lowest BCUT2D eigenvalue weighted by molar-refractivity contribution is -0.144. The van der Waals surface area contributed by atoms with E-state index in [0.29, 0.717) is 12.6 Å². The van der Waals surface area contributed by atoms with E-state index in [0.717, 1.165) is 30.6 Å². The maximum atomic E-state index is 11.5. The van der Waals surface area contributed by atoms with Crippen LogP contribution in [0.1, 0.15) is 38.7 Å². The monoisotopic (exact) mass is 263 g/mol. The maximum absolute atomic E-state index is 11.5. The highest BCUT2D eigenvalue weighted by molar-refractivity contribution is 5.80. The Labute approximate surface area is 113 Å². The molecule has 0 aromatic heterocycles. The lowest BCUT2D eigenvalue weighted by Crippen LogP contribution is -2.47. The lowest BCUT2D eigenvalue weighted by Gasteiger charge is -2.27. The van der Waals surface area contributed by atoms with Crippen LogP contribution in [0, 0.1) is 0 Å². The first-order valence-electron chi connectivity index (χ1n) is 6.80. The highest BCUT2D eigenvalue weighted by Crippen LogP contribution is 2.29. The standard InChI is InChI=1S/C15H21NO3/c1-3-10-19-13-8-4-11(5-9-13)15(2,14(17)18)16-12-6-7-12/h4-5,8-9,12,16H,3,6-7,10H2,1-2H3,(H,17,18). The van der Waals surface area contributed by atoms with E-state index in [-0.39, 0.29) is 0 Å². The first-order chi connectivity index (χ1) is 9.06. The van der Waals surface area contributed by atoms with Crippen LogP contribution in [0.3, 0.4) is 0 Å². The van der Waals surface area contributed by atoms with Crippen LogP contribution in [0.5, 0.6) is 5.75 Å². The second-order valence-electron chi connectivity index (χ2n) is 5.22. The zero-order chi connectivity index (χ0) is 13.9. The smallest absolute Gasteiger partial charge is 0.328 e. The predicted octanol–water partition coefficient (Wildman–Crippen LogP) is 2.53. The first kappa shape index (κ1) is 13.9. The summed E-state index contributed by atoms with van der Waals surface area (Å²) in [5, 5.41) is 12.7. The average Bonchev–Trinajstić information content (AvgIpc) is 3.20. The number of hydrogen-bond acceptors (Lipinski definition) is 3. The quantitative estimate of drug-likeness (QED) is 0.793. The van der Waals surface area contributed by atoms with Gasteiger partial charge in [-0.1, -0.05) is 19.1 Å². The number of hydrogen-bond donors (Lipinski definition) is 2. The fourth-order valence-electron chi connectivity index (χ4n) is 2.01. The van der Waals surface area contributed by atoms with Crippen molar-refractivity contribution in [2.75, 3.05) is 6.61 Å². The van der Waals surface area contributed by atoms with Gasteiger partial charge in [-0.05, 0) is 43.9 Å². The first-order valence-corrected chi connectivity index (χ1v) is 6.80. The van der Waals surface area contributed by atoms with Crippen molar-refractivity contribution in [3.63, 3.8) is 0 Å². The van der Waals surface area contributed by atoms with Crippen LogP contribution < -0.4 is 10.1 Å². The van der Waals surface area contributed by atoms with Gasteiger partial charge in [0.1, 0.15) is 11.3 Å². The van der Waals surface area contributed by atoms with Gasteiger partial charge in [-0.2, -0.15) is 0 Å². The largest absolute Gasteiger partial charge is 0.494 e. The number of carboxylic acids is 1. The molecule has 104 valence electrons.